The summed E-state index contributed by atoms with van der Waals surface area (Å²) in [6, 6.07) is 17.1. The van der Waals surface area contributed by atoms with E-state index in [1.807, 2.05) is 38.1 Å². The number of halogens is 2. The minimum absolute atomic E-state index is 0.127. The molecule has 1 fully saturated rings. The molecule has 1 saturated heterocycles. The molecule has 2 aromatic carbocycles. The van der Waals surface area contributed by atoms with E-state index in [0.717, 1.165) is 11.1 Å². The molecule has 4 N–H and O–H groups in total. The molecule has 4 atom stereocenters. The lowest BCUT2D eigenvalue weighted by Crippen LogP contribution is -2.54. The lowest BCUT2D eigenvalue weighted by atomic mass is 9.58. The SMILES string of the molecule is CCC1(CC)N[C@H](OC(=O)NCC[C@H](O)CO)[C@H](c2cccc(Cl)c2)[C@@]1(C#N)c1ccc(Cl)cc1. The molecule has 0 spiro atoms. The topological polar surface area (TPSA) is 115 Å². The number of carbonyl (C=O) groups excluding carboxylic acids is 1. The van der Waals surface area contributed by atoms with Crippen LogP contribution in [0.25, 0.3) is 0 Å². The molecular formula is C26H31Cl2N3O4. The zero-order valence-electron chi connectivity index (χ0n) is 19.8. The van der Waals surface area contributed by atoms with Crippen molar-refractivity contribution in [1.82, 2.24) is 10.6 Å². The fourth-order valence-corrected chi connectivity index (χ4v) is 5.55. The number of nitriles is 1. The number of benzene rings is 2. The Kier molecular flexibility index (Phi) is 9.03. The molecule has 0 unspecified atom stereocenters. The second kappa shape index (κ2) is 11.6. The lowest BCUT2D eigenvalue weighted by Gasteiger charge is -2.43. The van der Waals surface area contributed by atoms with E-state index in [-0.39, 0.29) is 19.6 Å². The second-order valence-corrected chi connectivity index (χ2v) is 9.64. The van der Waals surface area contributed by atoms with E-state index in [4.69, 9.17) is 33.0 Å². The van der Waals surface area contributed by atoms with Crippen LogP contribution in [0.5, 0.6) is 0 Å². The van der Waals surface area contributed by atoms with E-state index < -0.39 is 35.3 Å². The number of nitrogens with one attached hydrogen (secondary N) is 2. The minimum atomic E-state index is -1.11. The smallest absolute Gasteiger partial charge is 0.408 e. The molecule has 188 valence electrons. The number of aliphatic hydroxyl groups excluding tert-OH is 2. The Balaban J connectivity index is 2.09. The minimum Gasteiger partial charge on any atom is -0.430 e. The van der Waals surface area contributed by atoms with Gasteiger partial charge >= 0.3 is 6.09 Å². The van der Waals surface area contributed by atoms with Crippen LogP contribution >= 0.6 is 23.2 Å². The molecule has 1 aliphatic heterocycles. The first kappa shape index (κ1) is 27.3. The summed E-state index contributed by atoms with van der Waals surface area (Å²) >= 11 is 12.5. The van der Waals surface area contributed by atoms with E-state index in [1.54, 1.807) is 24.3 Å². The first-order chi connectivity index (χ1) is 16.8. The van der Waals surface area contributed by atoms with Gasteiger partial charge in [0, 0.05) is 22.1 Å². The highest BCUT2D eigenvalue weighted by atomic mass is 35.5. The van der Waals surface area contributed by atoms with Gasteiger partial charge in [-0.25, -0.2) is 4.79 Å². The van der Waals surface area contributed by atoms with Crippen LogP contribution in [-0.4, -0.2) is 47.3 Å². The summed E-state index contributed by atoms with van der Waals surface area (Å²) < 4.78 is 5.87. The number of nitrogens with zero attached hydrogens (tertiary/aromatic N) is 1. The molecule has 1 heterocycles. The maximum Gasteiger partial charge on any atom is 0.408 e. The average Bonchev–Trinajstić information content (AvgIpc) is 3.14. The van der Waals surface area contributed by atoms with Crippen molar-refractivity contribution in [2.24, 2.45) is 0 Å². The van der Waals surface area contributed by atoms with Crippen LogP contribution in [-0.2, 0) is 10.2 Å². The van der Waals surface area contributed by atoms with Crippen LogP contribution in [0.3, 0.4) is 0 Å². The molecule has 0 radical (unpaired) electrons. The number of amides is 1. The normalized spacial score (nSPS) is 23.9. The van der Waals surface area contributed by atoms with Crippen molar-refractivity contribution < 1.29 is 19.7 Å². The summed E-state index contributed by atoms with van der Waals surface area (Å²) in [4.78, 5) is 12.7. The number of alkyl carbamates (subject to hydrolysis) is 1. The Bertz CT molecular complexity index is 1060. The molecule has 0 aromatic heterocycles. The van der Waals surface area contributed by atoms with E-state index >= 15 is 0 Å². The van der Waals surface area contributed by atoms with Gasteiger partial charge in [0.25, 0.3) is 0 Å². The molecule has 7 nitrogen and oxygen atoms in total. The highest BCUT2D eigenvalue weighted by Gasteiger charge is 2.65. The molecule has 2 aromatic rings. The van der Waals surface area contributed by atoms with Gasteiger partial charge in [0.2, 0.25) is 0 Å². The molecule has 9 heteroatoms. The number of hydrogen-bond donors (Lipinski definition) is 4. The average molecular weight is 520 g/mol. The molecule has 1 aliphatic rings. The number of hydrogen-bond acceptors (Lipinski definition) is 6. The third-order valence-electron chi connectivity index (χ3n) is 7.03. The van der Waals surface area contributed by atoms with Gasteiger partial charge in [-0.2, -0.15) is 5.26 Å². The second-order valence-electron chi connectivity index (χ2n) is 8.77. The van der Waals surface area contributed by atoms with Crippen LogP contribution in [0.1, 0.15) is 50.2 Å². The zero-order chi connectivity index (χ0) is 25.6. The summed E-state index contributed by atoms with van der Waals surface area (Å²) in [7, 11) is 0. The largest absolute Gasteiger partial charge is 0.430 e. The Hall–Kier alpha value is -2.34. The maximum absolute atomic E-state index is 12.7. The van der Waals surface area contributed by atoms with Crippen molar-refractivity contribution in [2.75, 3.05) is 13.2 Å². The third-order valence-corrected chi connectivity index (χ3v) is 7.51. The van der Waals surface area contributed by atoms with Crippen LogP contribution in [0.2, 0.25) is 10.0 Å². The standard InChI is InChI=1S/C26H31Cl2N3O4/c1-3-25(4-2)26(16-29,18-8-10-19(27)11-9-18)22(17-6-5-7-20(28)14-17)23(31-25)35-24(34)30-13-12-21(33)15-32/h5-11,14,21-23,31-33H,3-4,12-13,15H2,1-2H3,(H,30,34)/t21-,22-,23+,26+/m0/s1. The number of aliphatic hydroxyl groups is 2. The van der Waals surface area contributed by atoms with Crippen molar-refractivity contribution in [3.05, 3.63) is 69.7 Å². The molecule has 3 rings (SSSR count). The summed E-state index contributed by atoms with van der Waals surface area (Å²) in [5, 5.41) is 36.6. The predicted octanol–water partition coefficient (Wildman–Crippen LogP) is 4.50. The zero-order valence-corrected chi connectivity index (χ0v) is 21.3. The third kappa shape index (κ3) is 5.28. The van der Waals surface area contributed by atoms with Gasteiger partial charge in [0.15, 0.2) is 6.23 Å². The first-order valence-corrected chi connectivity index (χ1v) is 12.5. The van der Waals surface area contributed by atoms with E-state index in [1.165, 1.54) is 0 Å². The van der Waals surface area contributed by atoms with Gasteiger partial charge in [-0.3, -0.25) is 5.32 Å². The first-order valence-electron chi connectivity index (χ1n) is 11.7. The number of rotatable bonds is 9. The van der Waals surface area contributed by atoms with Crippen molar-refractivity contribution in [2.45, 2.75) is 62.3 Å². The Morgan fingerprint density at radius 3 is 2.46 bits per heavy atom. The fraction of sp³-hybridized carbons (Fsp3) is 0.462. The highest BCUT2D eigenvalue weighted by molar-refractivity contribution is 6.30. The van der Waals surface area contributed by atoms with Gasteiger partial charge in [-0.15, -0.1) is 0 Å². The van der Waals surface area contributed by atoms with Gasteiger partial charge in [-0.05, 0) is 54.7 Å². The van der Waals surface area contributed by atoms with Gasteiger partial charge < -0.3 is 20.3 Å². The Labute approximate surface area is 216 Å². The summed E-state index contributed by atoms with van der Waals surface area (Å²) in [6.45, 7) is 3.75. The van der Waals surface area contributed by atoms with Crippen molar-refractivity contribution in [3.8, 4) is 6.07 Å². The fourth-order valence-electron chi connectivity index (χ4n) is 5.23. The molecule has 0 saturated carbocycles. The van der Waals surface area contributed by atoms with E-state index in [2.05, 4.69) is 16.7 Å². The number of ether oxygens (including phenoxy) is 1. The maximum atomic E-state index is 12.7. The molecular weight excluding hydrogens is 489 g/mol. The van der Waals surface area contributed by atoms with Gasteiger partial charge in [-0.1, -0.05) is 61.3 Å². The summed E-state index contributed by atoms with van der Waals surface area (Å²) in [5.41, 5.74) is -0.299. The predicted molar refractivity (Wildman–Crippen MR) is 135 cm³/mol. The molecule has 0 bridgehead atoms. The highest BCUT2D eigenvalue weighted by Crippen LogP contribution is 2.56. The molecule has 35 heavy (non-hydrogen) atoms. The van der Waals surface area contributed by atoms with Crippen molar-refractivity contribution in [3.63, 3.8) is 0 Å². The van der Waals surface area contributed by atoms with Crippen LogP contribution < -0.4 is 10.6 Å². The monoisotopic (exact) mass is 519 g/mol. The van der Waals surface area contributed by atoms with Crippen molar-refractivity contribution >= 4 is 29.3 Å². The van der Waals surface area contributed by atoms with Crippen LogP contribution in [0, 0.1) is 11.3 Å². The Morgan fingerprint density at radius 1 is 1.20 bits per heavy atom. The summed E-state index contributed by atoms with van der Waals surface area (Å²) in [6.07, 6.45) is -1.08. The van der Waals surface area contributed by atoms with Crippen molar-refractivity contribution in [1.29, 1.82) is 5.26 Å². The lowest BCUT2D eigenvalue weighted by molar-refractivity contribution is 0.0665. The van der Waals surface area contributed by atoms with E-state index in [0.29, 0.717) is 22.9 Å². The van der Waals surface area contributed by atoms with Crippen LogP contribution in [0.15, 0.2) is 48.5 Å². The molecule has 1 amide bonds. The number of carbonyl (C=O) groups is 1. The van der Waals surface area contributed by atoms with Gasteiger partial charge in [0.05, 0.1) is 24.7 Å². The Morgan fingerprint density at radius 2 is 1.89 bits per heavy atom. The van der Waals surface area contributed by atoms with E-state index in [9.17, 15) is 15.2 Å². The molecule has 0 aliphatic carbocycles. The van der Waals surface area contributed by atoms with Crippen LogP contribution in [0.4, 0.5) is 4.79 Å². The summed E-state index contributed by atoms with van der Waals surface area (Å²) in [5.74, 6) is -0.582. The van der Waals surface area contributed by atoms with Gasteiger partial charge in [0.1, 0.15) is 5.41 Å². The quantitative estimate of drug-likeness (QED) is 0.387.